The Balaban J connectivity index is 2.26. The van der Waals surface area contributed by atoms with Crippen LogP contribution in [0.3, 0.4) is 0 Å². The number of hydrogen-bond acceptors (Lipinski definition) is 2. The molecule has 1 aromatic heterocycles. The Kier molecular flexibility index (Phi) is 2.37. The SMILES string of the molecule is O=C(O)C1CC1c1cc(Cl)ncc1Cl. The number of rotatable bonds is 2. The maximum Gasteiger partial charge on any atom is 0.307 e. The summed E-state index contributed by atoms with van der Waals surface area (Å²) in [5.74, 6) is -1.09. The fraction of sp³-hybridized carbons (Fsp3) is 0.333. The van der Waals surface area contributed by atoms with E-state index in [0.717, 1.165) is 5.56 Å². The number of carboxylic acid groups (broad SMARTS) is 1. The van der Waals surface area contributed by atoms with E-state index in [-0.39, 0.29) is 11.8 Å². The lowest BCUT2D eigenvalue weighted by atomic mass is 10.1. The molecule has 1 aliphatic carbocycles. The van der Waals surface area contributed by atoms with E-state index in [4.69, 9.17) is 28.3 Å². The molecule has 2 rings (SSSR count). The average molecular weight is 232 g/mol. The van der Waals surface area contributed by atoms with Crippen molar-refractivity contribution in [3.8, 4) is 0 Å². The Hall–Kier alpha value is -0.800. The molecule has 0 aromatic carbocycles. The maximum atomic E-state index is 10.6. The van der Waals surface area contributed by atoms with Crippen LogP contribution < -0.4 is 0 Å². The van der Waals surface area contributed by atoms with E-state index >= 15 is 0 Å². The number of nitrogens with zero attached hydrogens (tertiary/aromatic N) is 1. The summed E-state index contributed by atoms with van der Waals surface area (Å²) in [6, 6.07) is 1.64. The van der Waals surface area contributed by atoms with Crippen molar-refractivity contribution in [1.29, 1.82) is 0 Å². The third kappa shape index (κ3) is 1.70. The van der Waals surface area contributed by atoms with Crippen molar-refractivity contribution >= 4 is 29.2 Å². The molecule has 0 spiro atoms. The lowest BCUT2D eigenvalue weighted by Crippen LogP contribution is -1.99. The molecule has 1 aromatic rings. The first-order valence-corrected chi connectivity index (χ1v) is 4.89. The summed E-state index contributed by atoms with van der Waals surface area (Å²) in [4.78, 5) is 14.5. The number of aromatic nitrogens is 1. The number of aliphatic carboxylic acids is 1. The van der Waals surface area contributed by atoms with E-state index in [2.05, 4.69) is 4.98 Å². The monoisotopic (exact) mass is 231 g/mol. The smallest absolute Gasteiger partial charge is 0.307 e. The Bertz CT molecular complexity index is 394. The molecule has 0 bridgehead atoms. The van der Waals surface area contributed by atoms with Crippen LogP contribution in [0.25, 0.3) is 0 Å². The largest absolute Gasteiger partial charge is 0.481 e. The Morgan fingerprint density at radius 3 is 2.86 bits per heavy atom. The second-order valence-electron chi connectivity index (χ2n) is 3.32. The van der Waals surface area contributed by atoms with E-state index in [9.17, 15) is 4.79 Å². The Morgan fingerprint density at radius 2 is 2.29 bits per heavy atom. The summed E-state index contributed by atoms with van der Waals surface area (Å²) in [6.45, 7) is 0. The van der Waals surface area contributed by atoms with Crippen LogP contribution in [0.4, 0.5) is 0 Å². The Morgan fingerprint density at radius 1 is 1.57 bits per heavy atom. The van der Waals surface area contributed by atoms with Crippen molar-refractivity contribution in [3.05, 3.63) is 28.0 Å². The molecule has 2 atom stereocenters. The van der Waals surface area contributed by atoms with E-state index in [1.807, 2.05) is 0 Å². The van der Waals surface area contributed by atoms with Gasteiger partial charge >= 0.3 is 5.97 Å². The summed E-state index contributed by atoms with van der Waals surface area (Å²) in [5.41, 5.74) is 0.791. The number of carbonyl (C=O) groups is 1. The molecule has 1 N–H and O–H groups in total. The van der Waals surface area contributed by atoms with Crippen molar-refractivity contribution in [2.75, 3.05) is 0 Å². The first-order chi connectivity index (χ1) is 6.59. The van der Waals surface area contributed by atoms with Gasteiger partial charge in [-0.2, -0.15) is 0 Å². The molecule has 1 saturated carbocycles. The van der Waals surface area contributed by atoms with Gasteiger partial charge in [0.25, 0.3) is 0 Å². The van der Waals surface area contributed by atoms with Crippen LogP contribution in [0, 0.1) is 5.92 Å². The van der Waals surface area contributed by atoms with E-state index in [0.29, 0.717) is 16.6 Å². The lowest BCUT2D eigenvalue weighted by molar-refractivity contribution is -0.138. The maximum absolute atomic E-state index is 10.6. The van der Waals surface area contributed by atoms with Gasteiger partial charge < -0.3 is 5.11 Å². The van der Waals surface area contributed by atoms with E-state index in [1.54, 1.807) is 6.07 Å². The minimum absolute atomic E-state index is 0.000463. The topological polar surface area (TPSA) is 50.2 Å². The molecule has 0 aliphatic heterocycles. The van der Waals surface area contributed by atoms with Crippen LogP contribution in [0.5, 0.6) is 0 Å². The fourth-order valence-corrected chi connectivity index (χ4v) is 1.93. The van der Waals surface area contributed by atoms with Gasteiger partial charge in [-0.1, -0.05) is 23.2 Å². The third-order valence-corrected chi connectivity index (χ3v) is 2.88. The summed E-state index contributed by atoms with van der Waals surface area (Å²) < 4.78 is 0. The van der Waals surface area contributed by atoms with Crippen LogP contribution in [-0.4, -0.2) is 16.1 Å². The zero-order chi connectivity index (χ0) is 10.3. The van der Waals surface area contributed by atoms with Crippen LogP contribution in [0.1, 0.15) is 17.9 Å². The van der Waals surface area contributed by atoms with Crippen molar-refractivity contribution in [1.82, 2.24) is 4.98 Å². The fourth-order valence-electron chi connectivity index (χ4n) is 1.52. The molecule has 5 heteroatoms. The van der Waals surface area contributed by atoms with Crippen LogP contribution >= 0.6 is 23.2 Å². The molecular weight excluding hydrogens is 225 g/mol. The number of pyridine rings is 1. The molecule has 3 nitrogen and oxygen atoms in total. The summed E-state index contributed by atoms with van der Waals surface area (Å²) >= 11 is 11.6. The quantitative estimate of drug-likeness (QED) is 0.797. The molecule has 2 unspecified atom stereocenters. The van der Waals surface area contributed by atoms with Crippen molar-refractivity contribution in [2.24, 2.45) is 5.92 Å². The minimum Gasteiger partial charge on any atom is -0.481 e. The molecule has 0 saturated heterocycles. The molecule has 0 amide bonds. The summed E-state index contributed by atoms with van der Waals surface area (Å²) in [5, 5.41) is 9.59. The van der Waals surface area contributed by atoms with Gasteiger partial charge in [0.2, 0.25) is 0 Å². The van der Waals surface area contributed by atoms with Gasteiger partial charge in [0.15, 0.2) is 0 Å². The number of hydrogen-bond donors (Lipinski definition) is 1. The second kappa shape index (κ2) is 3.41. The standard InChI is InChI=1S/C9H7Cl2NO2/c10-7-3-12-8(11)2-5(7)4-1-6(4)9(13)14/h2-4,6H,1H2,(H,13,14). The van der Waals surface area contributed by atoms with E-state index in [1.165, 1.54) is 6.20 Å². The highest BCUT2D eigenvalue weighted by atomic mass is 35.5. The first-order valence-electron chi connectivity index (χ1n) is 4.13. The van der Waals surface area contributed by atoms with Crippen LogP contribution in [-0.2, 0) is 4.79 Å². The van der Waals surface area contributed by atoms with Gasteiger partial charge in [-0.05, 0) is 24.0 Å². The zero-order valence-corrected chi connectivity index (χ0v) is 8.59. The first kappa shape index (κ1) is 9.74. The number of carboxylic acids is 1. The van der Waals surface area contributed by atoms with Crippen LogP contribution in [0.2, 0.25) is 10.2 Å². The van der Waals surface area contributed by atoms with E-state index < -0.39 is 5.97 Å². The van der Waals surface area contributed by atoms with Crippen molar-refractivity contribution in [3.63, 3.8) is 0 Å². The Labute approximate surface area is 90.7 Å². The highest BCUT2D eigenvalue weighted by Gasteiger charge is 2.45. The van der Waals surface area contributed by atoms with Gasteiger partial charge in [0.1, 0.15) is 5.15 Å². The lowest BCUT2D eigenvalue weighted by Gasteiger charge is -2.01. The highest BCUT2D eigenvalue weighted by Crippen LogP contribution is 2.49. The normalized spacial score (nSPS) is 24.7. The van der Waals surface area contributed by atoms with Gasteiger partial charge in [0.05, 0.1) is 10.9 Å². The number of halogens is 2. The molecule has 1 aliphatic rings. The van der Waals surface area contributed by atoms with Gasteiger partial charge in [-0.25, -0.2) is 4.98 Å². The zero-order valence-electron chi connectivity index (χ0n) is 7.08. The summed E-state index contributed by atoms with van der Waals surface area (Å²) in [7, 11) is 0. The van der Waals surface area contributed by atoms with Gasteiger partial charge in [0, 0.05) is 6.20 Å². The van der Waals surface area contributed by atoms with Gasteiger partial charge in [-0.3, -0.25) is 4.79 Å². The summed E-state index contributed by atoms with van der Waals surface area (Å²) in [6.07, 6.45) is 2.09. The average Bonchev–Trinajstić information content (AvgIpc) is 2.88. The van der Waals surface area contributed by atoms with Gasteiger partial charge in [-0.15, -0.1) is 0 Å². The molecule has 14 heavy (non-hydrogen) atoms. The highest BCUT2D eigenvalue weighted by molar-refractivity contribution is 6.32. The third-order valence-electron chi connectivity index (χ3n) is 2.36. The molecule has 1 heterocycles. The van der Waals surface area contributed by atoms with Crippen molar-refractivity contribution < 1.29 is 9.90 Å². The second-order valence-corrected chi connectivity index (χ2v) is 4.11. The predicted octanol–water partition coefficient (Wildman–Crippen LogP) is 2.58. The molecule has 1 fully saturated rings. The molecular formula is C9H7Cl2NO2. The molecule has 0 radical (unpaired) electrons. The predicted molar refractivity (Wildman–Crippen MR) is 52.7 cm³/mol. The molecule has 74 valence electrons. The van der Waals surface area contributed by atoms with Crippen LogP contribution in [0.15, 0.2) is 12.3 Å². The minimum atomic E-state index is -0.779. The van der Waals surface area contributed by atoms with Crippen molar-refractivity contribution in [2.45, 2.75) is 12.3 Å².